The Labute approximate surface area is 286 Å². The number of nitrogens with zero attached hydrogens (tertiary/aromatic N) is 2. The van der Waals surface area contributed by atoms with E-state index in [1.807, 2.05) is 30.3 Å². The van der Waals surface area contributed by atoms with Gasteiger partial charge in [-0.1, -0.05) is 57.9 Å². The molecule has 0 unspecified atom stereocenters. The van der Waals surface area contributed by atoms with Crippen molar-refractivity contribution >= 4 is 44.6 Å². The first kappa shape index (κ1) is 34.7. The number of pyridine rings is 1. The van der Waals surface area contributed by atoms with E-state index in [9.17, 15) is 27.6 Å². The molecule has 4 aliphatic rings. The van der Waals surface area contributed by atoms with Crippen LogP contribution in [-0.4, -0.2) is 83.7 Å². The largest absolute Gasteiger partial charge is 0.472 e. The van der Waals surface area contributed by atoms with Crippen LogP contribution in [0.25, 0.3) is 10.8 Å². The highest BCUT2D eigenvalue weighted by atomic mass is 32.2. The number of alkyl carbamates (subject to hydrolysis) is 1. The highest BCUT2D eigenvalue weighted by Crippen LogP contribution is 2.45. The summed E-state index contributed by atoms with van der Waals surface area (Å²) in [4.78, 5) is 60.7. The van der Waals surface area contributed by atoms with Crippen molar-refractivity contribution in [2.45, 2.75) is 107 Å². The number of sulfonamides is 1. The number of hydrogen-bond acceptors (Lipinski definition) is 9. The molecule has 13 nitrogen and oxygen atoms in total. The average Bonchev–Trinajstić information content (AvgIpc) is 3.93. The van der Waals surface area contributed by atoms with E-state index >= 15 is 0 Å². The zero-order chi connectivity index (χ0) is 35.1. The Hall–Kier alpha value is -4.20. The Morgan fingerprint density at radius 2 is 1.80 bits per heavy atom. The smallest absolute Gasteiger partial charge is 0.408 e. The highest BCUT2D eigenvalue weighted by molar-refractivity contribution is 7.91. The summed E-state index contributed by atoms with van der Waals surface area (Å²) in [5, 5.41) is 6.68. The molecule has 3 aliphatic carbocycles. The highest BCUT2D eigenvalue weighted by Gasteiger charge is 2.62. The fourth-order valence-corrected chi connectivity index (χ4v) is 8.23. The maximum Gasteiger partial charge on any atom is 0.408 e. The lowest BCUT2D eigenvalue weighted by Gasteiger charge is -2.34. The van der Waals surface area contributed by atoms with Gasteiger partial charge in [-0.2, -0.15) is 0 Å². The number of likely N-dealkylation sites (tertiary alicyclic amines) is 1. The molecular formula is C35H45N5O8S. The van der Waals surface area contributed by atoms with Gasteiger partial charge in [0, 0.05) is 35.4 Å². The molecule has 49 heavy (non-hydrogen) atoms. The Balaban J connectivity index is 1.26. The van der Waals surface area contributed by atoms with Crippen LogP contribution in [0.5, 0.6) is 5.88 Å². The summed E-state index contributed by atoms with van der Waals surface area (Å²) < 4.78 is 39.6. The first-order valence-electron chi connectivity index (χ1n) is 17.0. The molecule has 1 aliphatic heterocycles. The van der Waals surface area contributed by atoms with Crippen LogP contribution in [0.15, 0.2) is 49.2 Å². The number of nitrogens with one attached hydrogen (secondary N) is 3. The van der Waals surface area contributed by atoms with Crippen LogP contribution in [0, 0.1) is 11.3 Å². The molecule has 4 amide bonds. The molecule has 0 bridgehead atoms. The molecule has 2 heterocycles. The summed E-state index contributed by atoms with van der Waals surface area (Å²) in [6.45, 7) is 9.06. The van der Waals surface area contributed by atoms with E-state index in [1.165, 1.54) is 11.0 Å². The fourth-order valence-electron chi connectivity index (χ4n) is 6.86. The molecule has 1 aromatic heterocycles. The summed E-state index contributed by atoms with van der Waals surface area (Å²) in [6.07, 6.45) is 5.31. The number of amides is 4. The number of fused-ring (bicyclic) bond motifs is 1. The molecule has 4 fully saturated rings. The number of ether oxygens (including phenoxy) is 2. The molecule has 14 heteroatoms. The lowest BCUT2D eigenvalue weighted by Crippen LogP contribution is -2.58. The van der Waals surface area contributed by atoms with Gasteiger partial charge in [0.15, 0.2) is 6.10 Å². The van der Waals surface area contributed by atoms with Gasteiger partial charge >= 0.3 is 6.09 Å². The van der Waals surface area contributed by atoms with Gasteiger partial charge in [0.05, 0.1) is 11.8 Å². The Bertz CT molecular complexity index is 1740. The molecule has 6 rings (SSSR count). The number of rotatable bonds is 11. The molecule has 2 aromatic rings. The SMILES string of the molecule is C=C[C@@H]1C[C@]1(NC(=O)[C@@H]1C[C@@H](Oc2nccc3ccccc23)CN1C(=O)[C@@H](OC(=O)NC1CCCC1)C(C)(C)C)C(=O)NS(=O)(=O)C1CC1. The van der Waals surface area contributed by atoms with Crippen molar-refractivity contribution in [1.29, 1.82) is 0 Å². The molecule has 3 saturated carbocycles. The van der Waals surface area contributed by atoms with Crippen molar-refractivity contribution in [1.82, 2.24) is 25.2 Å². The summed E-state index contributed by atoms with van der Waals surface area (Å²) in [5.74, 6) is -2.24. The van der Waals surface area contributed by atoms with Crippen molar-refractivity contribution in [2.24, 2.45) is 11.3 Å². The van der Waals surface area contributed by atoms with E-state index in [1.54, 1.807) is 27.0 Å². The second-order valence-corrected chi connectivity index (χ2v) is 16.7. The fraction of sp³-hybridized carbons (Fsp3) is 0.571. The quantitative estimate of drug-likeness (QED) is 0.298. The minimum atomic E-state index is -3.88. The van der Waals surface area contributed by atoms with E-state index in [0.717, 1.165) is 36.5 Å². The van der Waals surface area contributed by atoms with E-state index in [2.05, 4.69) is 26.9 Å². The number of benzene rings is 1. The molecule has 0 spiro atoms. The van der Waals surface area contributed by atoms with Crippen LogP contribution >= 0.6 is 0 Å². The van der Waals surface area contributed by atoms with Gasteiger partial charge < -0.3 is 25.0 Å². The molecule has 264 valence electrons. The average molecular weight is 696 g/mol. The van der Waals surface area contributed by atoms with Gasteiger partial charge in [-0.25, -0.2) is 18.2 Å². The van der Waals surface area contributed by atoms with Crippen LogP contribution in [0.2, 0.25) is 0 Å². The molecule has 1 saturated heterocycles. The molecule has 5 atom stereocenters. The van der Waals surface area contributed by atoms with Crippen molar-refractivity contribution in [3.8, 4) is 5.88 Å². The van der Waals surface area contributed by atoms with Crippen molar-refractivity contribution < 1.29 is 37.1 Å². The third kappa shape index (κ3) is 7.38. The zero-order valence-corrected chi connectivity index (χ0v) is 29.0. The number of aromatic nitrogens is 1. The second kappa shape index (κ2) is 13.3. The third-order valence-electron chi connectivity index (χ3n) is 9.93. The molecule has 3 N–H and O–H groups in total. The Kier molecular flexibility index (Phi) is 9.38. The van der Waals surface area contributed by atoms with Crippen LogP contribution in [0.1, 0.15) is 72.1 Å². The second-order valence-electron chi connectivity index (χ2n) is 14.8. The lowest BCUT2D eigenvalue weighted by molar-refractivity contribution is -0.150. The van der Waals surface area contributed by atoms with Gasteiger partial charge in [-0.3, -0.25) is 19.1 Å². The minimum absolute atomic E-state index is 0.0256. The van der Waals surface area contributed by atoms with E-state index < -0.39 is 74.2 Å². The normalized spacial score (nSPS) is 26.1. The standard InChI is InChI=1S/C35H45N5O8S/c1-5-22-19-35(22,32(43)39-49(45,46)25-14-15-25)38-29(41)27-18-24(47-30-26-13-9-6-10-21(26)16-17-36-30)20-40(27)31(42)28(34(2,3)4)48-33(44)37-23-11-7-8-12-23/h5-6,9-10,13,16-17,22-25,27-28H,1,7-8,11-12,14-15,18-20H2,2-4H3,(H,37,44)(H,38,41)(H,39,43)/t22-,24-,27+,28-,35-/m1/s1. The summed E-state index contributed by atoms with van der Waals surface area (Å²) in [7, 11) is -3.88. The van der Waals surface area contributed by atoms with Crippen molar-refractivity contribution in [3.63, 3.8) is 0 Å². The predicted octanol–water partition coefficient (Wildman–Crippen LogP) is 3.34. The maximum absolute atomic E-state index is 14.4. The first-order chi connectivity index (χ1) is 23.2. The van der Waals surface area contributed by atoms with Crippen LogP contribution in [-0.2, 0) is 29.1 Å². The molecule has 0 radical (unpaired) electrons. The third-order valence-corrected chi connectivity index (χ3v) is 11.7. The monoisotopic (exact) mass is 695 g/mol. The van der Waals surface area contributed by atoms with E-state index in [-0.39, 0.29) is 25.4 Å². The predicted molar refractivity (Wildman–Crippen MR) is 181 cm³/mol. The van der Waals surface area contributed by atoms with Gasteiger partial charge in [0.1, 0.15) is 17.7 Å². The van der Waals surface area contributed by atoms with Gasteiger partial charge in [-0.05, 0) is 49.6 Å². The van der Waals surface area contributed by atoms with Crippen LogP contribution in [0.4, 0.5) is 4.79 Å². The zero-order valence-electron chi connectivity index (χ0n) is 28.1. The number of carbonyl (C=O) groups is 4. The number of hydrogen-bond donors (Lipinski definition) is 3. The first-order valence-corrected chi connectivity index (χ1v) is 18.5. The van der Waals surface area contributed by atoms with Crippen molar-refractivity contribution in [3.05, 3.63) is 49.2 Å². The topological polar surface area (TPSA) is 173 Å². The summed E-state index contributed by atoms with van der Waals surface area (Å²) >= 11 is 0. The van der Waals surface area contributed by atoms with Gasteiger partial charge in [-0.15, -0.1) is 6.58 Å². The molecule has 1 aromatic carbocycles. The summed E-state index contributed by atoms with van der Waals surface area (Å²) in [6, 6.07) is 8.24. The summed E-state index contributed by atoms with van der Waals surface area (Å²) in [5.41, 5.74) is -2.38. The van der Waals surface area contributed by atoms with E-state index in [0.29, 0.717) is 18.7 Å². The minimum Gasteiger partial charge on any atom is -0.472 e. The molecular weight excluding hydrogens is 650 g/mol. The van der Waals surface area contributed by atoms with E-state index in [4.69, 9.17) is 9.47 Å². The number of carbonyl (C=O) groups excluding carboxylic acids is 4. The van der Waals surface area contributed by atoms with Crippen LogP contribution < -0.4 is 20.1 Å². The Morgan fingerprint density at radius 1 is 1.08 bits per heavy atom. The van der Waals surface area contributed by atoms with Crippen molar-refractivity contribution in [2.75, 3.05) is 6.54 Å². The maximum atomic E-state index is 14.4. The van der Waals surface area contributed by atoms with Crippen LogP contribution in [0.3, 0.4) is 0 Å². The van der Waals surface area contributed by atoms with Gasteiger partial charge in [0.25, 0.3) is 11.8 Å². The lowest BCUT2D eigenvalue weighted by atomic mass is 9.88. The van der Waals surface area contributed by atoms with Gasteiger partial charge in [0.2, 0.25) is 21.8 Å². The Morgan fingerprint density at radius 3 is 2.45 bits per heavy atom.